The third kappa shape index (κ3) is 7.15. The van der Waals surface area contributed by atoms with Crippen molar-refractivity contribution in [3.63, 3.8) is 0 Å². The molecule has 1 aromatic rings. The van der Waals surface area contributed by atoms with Crippen molar-refractivity contribution in [2.24, 2.45) is 0 Å². The van der Waals surface area contributed by atoms with E-state index in [1.807, 2.05) is 17.4 Å². The molecular weight excluding hydrogens is 242 g/mol. The van der Waals surface area contributed by atoms with Gasteiger partial charge in [0.25, 0.3) is 0 Å². The standard InChI is InChI=1S/C15H25NO3/c1-13(2)14-4-3-5-15(12-14)19-11-10-18-9-7-16-6-8-17/h3-5,12-13,16-17H,6-11H2,1-2H3/p+1. The van der Waals surface area contributed by atoms with Gasteiger partial charge < -0.3 is 19.9 Å². The predicted octanol–water partition coefficient (Wildman–Crippen LogP) is 0.761. The third-order valence-electron chi connectivity index (χ3n) is 2.82. The predicted molar refractivity (Wildman–Crippen MR) is 75.6 cm³/mol. The zero-order valence-corrected chi connectivity index (χ0v) is 12.0. The lowest BCUT2D eigenvalue weighted by Crippen LogP contribution is -2.86. The summed E-state index contributed by atoms with van der Waals surface area (Å²) in [5.41, 5.74) is 1.29. The van der Waals surface area contributed by atoms with Crippen molar-refractivity contribution in [3.8, 4) is 5.75 Å². The first-order valence-corrected chi connectivity index (χ1v) is 6.97. The molecular formula is C15H26NO3+. The van der Waals surface area contributed by atoms with Crippen LogP contribution in [0, 0.1) is 0 Å². The van der Waals surface area contributed by atoms with Crippen LogP contribution in [0.3, 0.4) is 0 Å². The Hall–Kier alpha value is -1.10. The van der Waals surface area contributed by atoms with E-state index < -0.39 is 0 Å². The van der Waals surface area contributed by atoms with Gasteiger partial charge in [-0.15, -0.1) is 0 Å². The van der Waals surface area contributed by atoms with Gasteiger partial charge in [0.2, 0.25) is 0 Å². The van der Waals surface area contributed by atoms with Gasteiger partial charge in [-0.1, -0.05) is 26.0 Å². The number of benzene rings is 1. The van der Waals surface area contributed by atoms with Gasteiger partial charge in [-0.05, 0) is 23.6 Å². The molecule has 0 radical (unpaired) electrons. The van der Waals surface area contributed by atoms with Crippen molar-refractivity contribution in [1.29, 1.82) is 0 Å². The second-order valence-electron chi connectivity index (χ2n) is 4.78. The molecule has 1 aromatic carbocycles. The molecule has 0 saturated heterocycles. The van der Waals surface area contributed by atoms with Gasteiger partial charge in [0.05, 0.1) is 32.9 Å². The molecule has 0 fully saturated rings. The van der Waals surface area contributed by atoms with Gasteiger partial charge in [0.1, 0.15) is 12.4 Å². The maximum atomic E-state index is 8.60. The molecule has 4 heteroatoms. The van der Waals surface area contributed by atoms with E-state index in [2.05, 4.69) is 26.0 Å². The highest BCUT2D eigenvalue weighted by molar-refractivity contribution is 5.30. The minimum Gasteiger partial charge on any atom is -0.491 e. The van der Waals surface area contributed by atoms with Crippen molar-refractivity contribution < 1.29 is 19.9 Å². The van der Waals surface area contributed by atoms with Crippen LogP contribution in [0.1, 0.15) is 25.3 Å². The molecule has 0 aliphatic heterocycles. The summed E-state index contributed by atoms with van der Waals surface area (Å²) in [7, 11) is 0. The monoisotopic (exact) mass is 268 g/mol. The van der Waals surface area contributed by atoms with Gasteiger partial charge in [-0.2, -0.15) is 0 Å². The number of aliphatic hydroxyl groups excluding tert-OH is 1. The lowest BCUT2D eigenvalue weighted by molar-refractivity contribution is -0.657. The number of quaternary nitrogens is 1. The summed E-state index contributed by atoms with van der Waals surface area (Å²) >= 11 is 0. The number of nitrogens with two attached hydrogens (primary N) is 1. The summed E-state index contributed by atoms with van der Waals surface area (Å²) in [4.78, 5) is 0. The van der Waals surface area contributed by atoms with Gasteiger partial charge >= 0.3 is 0 Å². The lowest BCUT2D eigenvalue weighted by atomic mass is 10.0. The van der Waals surface area contributed by atoms with Crippen LogP contribution in [0.4, 0.5) is 0 Å². The molecule has 0 heterocycles. The van der Waals surface area contributed by atoms with Gasteiger partial charge in [0, 0.05) is 0 Å². The van der Waals surface area contributed by atoms with Gasteiger partial charge in [-0.3, -0.25) is 0 Å². The Labute approximate surface area is 115 Å². The molecule has 0 unspecified atom stereocenters. The van der Waals surface area contributed by atoms with Crippen molar-refractivity contribution in [2.75, 3.05) is 39.5 Å². The Kier molecular flexibility index (Phi) is 8.21. The zero-order chi connectivity index (χ0) is 13.9. The Balaban J connectivity index is 2.10. The highest BCUT2D eigenvalue weighted by Gasteiger charge is 2.00. The fraction of sp³-hybridized carbons (Fsp3) is 0.600. The van der Waals surface area contributed by atoms with Gasteiger partial charge in [-0.25, -0.2) is 0 Å². The molecule has 0 spiro atoms. The molecule has 0 saturated carbocycles. The fourth-order valence-corrected chi connectivity index (χ4v) is 1.69. The first-order valence-electron chi connectivity index (χ1n) is 6.97. The van der Waals surface area contributed by atoms with Crippen LogP contribution in [0.25, 0.3) is 0 Å². The largest absolute Gasteiger partial charge is 0.491 e. The van der Waals surface area contributed by atoms with E-state index in [-0.39, 0.29) is 6.61 Å². The maximum Gasteiger partial charge on any atom is 0.119 e. The average Bonchev–Trinajstić information content (AvgIpc) is 2.42. The highest BCUT2D eigenvalue weighted by atomic mass is 16.5. The smallest absolute Gasteiger partial charge is 0.119 e. The minimum absolute atomic E-state index is 0.218. The number of hydrogen-bond acceptors (Lipinski definition) is 3. The molecule has 1 rings (SSSR count). The van der Waals surface area contributed by atoms with E-state index >= 15 is 0 Å². The molecule has 19 heavy (non-hydrogen) atoms. The Bertz CT molecular complexity index is 342. The SMILES string of the molecule is CC(C)c1cccc(OCCOCC[NH2+]CCO)c1. The number of aliphatic hydroxyl groups is 1. The van der Waals surface area contributed by atoms with Crippen LogP contribution in [0.5, 0.6) is 5.75 Å². The van der Waals surface area contributed by atoms with Crippen LogP contribution in [0.2, 0.25) is 0 Å². The number of rotatable bonds is 10. The van der Waals surface area contributed by atoms with E-state index in [1.54, 1.807) is 0 Å². The molecule has 0 aliphatic carbocycles. The van der Waals surface area contributed by atoms with Crippen LogP contribution >= 0.6 is 0 Å². The van der Waals surface area contributed by atoms with E-state index in [1.165, 1.54) is 5.56 Å². The molecule has 3 N–H and O–H groups in total. The summed E-state index contributed by atoms with van der Waals surface area (Å²) in [6.07, 6.45) is 0. The second-order valence-corrected chi connectivity index (χ2v) is 4.78. The van der Waals surface area contributed by atoms with Crippen molar-refractivity contribution >= 4 is 0 Å². The van der Waals surface area contributed by atoms with E-state index in [0.29, 0.717) is 25.7 Å². The first kappa shape index (κ1) is 16.0. The third-order valence-corrected chi connectivity index (χ3v) is 2.82. The normalized spacial score (nSPS) is 10.9. The van der Waals surface area contributed by atoms with Crippen molar-refractivity contribution in [1.82, 2.24) is 0 Å². The number of ether oxygens (including phenoxy) is 2. The quantitative estimate of drug-likeness (QED) is 0.616. The highest BCUT2D eigenvalue weighted by Crippen LogP contribution is 2.19. The summed E-state index contributed by atoms with van der Waals surface area (Å²) in [6.45, 7) is 8.03. The van der Waals surface area contributed by atoms with Crippen LogP contribution in [0.15, 0.2) is 24.3 Å². The molecule has 0 atom stereocenters. The van der Waals surface area contributed by atoms with E-state index in [0.717, 1.165) is 18.8 Å². The van der Waals surface area contributed by atoms with Crippen LogP contribution < -0.4 is 10.1 Å². The molecule has 0 aromatic heterocycles. The molecule has 0 amide bonds. The van der Waals surface area contributed by atoms with E-state index in [4.69, 9.17) is 14.6 Å². The summed E-state index contributed by atoms with van der Waals surface area (Å²) in [5.74, 6) is 1.42. The van der Waals surface area contributed by atoms with Crippen LogP contribution in [-0.2, 0) is 4.74 Å². The Morgan fingerprint density at radius 1 is 1.16 bits per heavy atom. The molecule has 4 nitrogen and oxygen atoms in total. The molecule has 0 aliphatic rings. The molecule has 108 valence electrons. The van der Waals surface area contributed by atoms with Crippen molar-refractivity contribution in [2.45, 2.75) is 19.8 Å². The van der Waals surface area contributed by atoms with Gasteiger partial charge in [0.15, 0.2) is 0 Å². The first-order chi connectivity index (χ1) is 9.24. The second kappa shape index (κ2) is 9.78. The number of hydrogen-bond donors (Lipinski definition) is 2. The van der Waals surface area contributed by atoms with Crippen molar-refractivity contribution in [3.05, 3.63) is 29.8 Å². The van der Waals surface area contributed by atoms with Crippen LogP contribution in [-0.4, -0.2) is 44.6 Å². The lowest BCUT2D eigenvalue weighted by Gasteiger charge is -2.10. The summed E-state index contributed by atoms with van der Waals surface area (Å²) < 4.78 is 11.1. The topological polar surface area (TPSA) is 55.3 Å². The summed E-state index contributed by atoms with van der Waals surface area (Å²) in [6, 6.07) is 8.20. The molecule has 0 bridgehead atoms. The minimum atomic E-state index is 0.218. The maximum absolute atomic E-state index is 8.60. The average molecular weight is 268 g/mol. The van der Waals surface area contributed by atoms with E-state index in [9.17, 15) is 0 Å². The fourth-order valence-electron chi connectivity index (χ4n) is 1.69. The summed E-state index contributed by atoms with van der Waals surface area (Å²) in [5, 5.41) is 10.6. The zero-order valence-electron chi connectivity index (χ0n) is 12.0. The Morgan fingerprint density at radius 2 is 2.00 bits per heavy atom. The Morgan fingerprint density at radius 3 is 2.74 bits per heavy atom.